The minimum Gasteiger partial charge on any atom is -0.492 e. The highest BCUT2D eigenvalue weighted by molar-refractivity contribution is 5.65. The molecule has 0 amide bonds. The van der Waals surface area contributed by atoms with Crippen LogP contribution in [0.25, 0.3) is 11.1 Å². The third-order valence-electron chi connectivity index (χ3n) is 2.65. The highest BCUT2D eigenvalue weighted by Gasteiger charge is 2.05. The summed E-state index contributed by atoms with van der Waals surface area (Å²) in [6, 6.07) is 14.0. The summed E-state index contributed by atoms with van der Waals surface area (Å²) in [5.74, 6) is 0.760. The number of nitro benzene ring substituents is 1. The SMILES string of the molecule is NCCOc1ccc(-c2ccc([N+](=O)[O-])cc2)cc1. The van der Waals surface area contributed by atoms with Crippen LogP contribution in [0.3, 0.4) is 0 Å². The molecule has 0 radical (unpaired) electrons. The van der Waals surface area contributed by atoms with E-state index in [0.717, 1.165) is 16.9 Å². The van der Waals surface area contributed by atoms with E-state index in [-0.39, 0.29) is 5.69 Å². The van der Waals surface area contributed by atoms with E-state index < -0.39 is 4.92 Å². The van der Waals surface area contributed by atoms with Gasteiger partial charge in [0.25, 0.3) is 5.69 Å². The minimum atomic E-state index is -0.409. The van der Waals surface area contributed by atoms with Crippen molar-refractivity contribution in [2.45, 2.75) is 0 Å². The second-order valence-electron chi connectivity index (χ2n) is 3.97. The van der Waals surface area contributed by atoms with Crippen LogP contribution in [-0.4, -0.2) is 18.1 Å². The molecule has 2 rings (SSSR count). The standard InChI is InChI=1S/C14H14N2O3/c15-9-10-19-14-7-3-12(4-8-14)11-1-5-13(6-2-11)16(17)18/h1-8H,9-10,15H2. The van der Waals surface area contributed by atoms with Crippen LogP contribution in [0.15, 0.2) is 48.5 Å². The van der Waals surface area contributed by atoms with Crippen molar-refractivity contribution in [2.75, 3.05) is 13.2 Å². The van der Waals surface area contributed by atoms with Crippen LogP contribution in [0.5, 0.6) is 5.75 Å². The van der Waals surface area contributed by atoms with Crippen molar-refractivity contribution in [1.29, 1.82) is 0 Å². The highest BCUT2D eigenvalue weighted by Crippen LogP contribution is 2.24. The van der Waals surface area contributed by atoms with Crippen LogP contribution >= 0.6 is 0 Å². The number of nitro groups is 1. The van der Waals surface area contributed by atoms with Crippen LogP contribution in [0.1, 0.15) is 0 Å². The summed E-state index contributed by atoms with van der Waals surface area (Å²) in [6.45, 7) is 0.959. The zero-order valence-corrected chi connectivity index (χ0v) is 10.3. The molecule has 0 unspecified atom stereocenters. The lowest BCUT2D eigenvalue weighted by Crippen LogP contribution is -2.10. The largest absolute Gasteiger partial charge is 0.492 e. The maximum absolute atomic E-state index is 10.6. The fourth-order valence-corrected chi connectivity index (χ4v) is 1.70. The van der Waals surface area contributed by atoms with E-state index in [2.05, 4.69) is 0 Å². The molecule has 0 aliphatic heterocycles. The second-order valence-corrected chi connectivity index (χ2v) is 3.97. The maximum Gasteiger partial charge on any atom is 0.269 e. The number of rotatable bonds is 5. The van der Waals surface area contributed by atoms with Gasteiger partial charge < -0.3 is 10.5 Å². The van der Waals surface area contributed by atoms with E-state index in [1.165, 1.54) is 12.1 Å². The van der Waals surface area contributed by atoms with E-state index >= 15 is 0 Å². The van der Waals surface area contributed by atoms with E-state index in [0.29, 0.717) is 13.2 Å². The lowest BCUT2D eigenvalue weighted by Gasteiger charge is -2.06. The number of hydrogen-bond donors (Lipinski definition) is 1. The van der Waals surface area contributed by atoms with Gasteiger partial charge in [0.15, 0.2) is 0 Å². The average molecular weight is 258 g/mol. The molecule has 0 bridgehead atoms. The molecule has 0 fully saturated rings. The van der Waals surface area contributed by atoms with Crippen molar-refractivity contribution in [2.24, 2.45) is 5.73 Å². The van der Waals surface area contributed by atoms with Crippen LogP contribution < -0.4 is 10.5 Å². The third kappa shape index (κ3) is 3.29. The van der Waals surface area contributed by atoms with Crippen molar-refractivity contribution in [3.05, 3.63) is 58.6 Å². The first-order chi connectivity index (χ1) is 9.20. The molecule has 0 spiro atoms. The molecule has 0 heterocycles. The summed E-state index contributed by atoms with van der Waals surface area (Å²) in [4.78, 5) is 10.2. The first-order valence-corrected chi connectivity index (χ1v) is 5.88. The third-order valence-corrected chi connectivity index (χ3v) is 2.65. The molecular weight excluding hydrogens is 244 g/mol. The Morgan fingerprint density at radius 1 is 1.00 bits per heavy atom. The van der Waals surface area contributed by atoms with E-state index in [1.54, 1.807) is 12.1 Å². The van der Waals surface area contributed by atoms with E-state index in [4.69, 9.17) is 10.5 Å². The number of benzene rings is 2. The lowest BCUT2D eigenvalue weighted by molar-refractivity contribution is -0.384. The Bertz CT molecular complexity index is 550. The molecule has 2 aromatic rings. The molecule has 98 valence electrons. The van der Waals surface area contributed by atoms with Gasteiger partial charge in [-0.05, 0) is 35.4 Å². The fraction of sp³-hybridized carbons (Fsp3) is 0.143. The van der Waals surface area contributed by atoms with Gasteiger partial charge in [-0.1, -0.05) is 12.1 Å². The second kappa shape index (κ2) is 5.97. The molecule has 5 heteroatoms. The number of ether oxygens (including phenoxy) is 1. The Morgan fingerprint density at radius 3 is 2.00 bits per heavy atom. The van der Waals surface area contributed by atoms with E-state index in [1.807, 2.05) is 24.3 Å². The van der Waals surface area contributed by atoms with Crippen molar-refractivity contribution in [3.63, 3.8) is 0 Å². The molecule has 0 atom stereocenters. The molecule has 0 saturated heterocycles. The predicted octanol–water partition coefficient (Wildman–Crippen LogP) is 2.60. The van der Waals surface area contributed by atoms with Gasteiger partial charge in [0.05, 0.1) is 4.92 Å². The number of non-ortho nitro benzene ring substituents is 1. The number of nitrogens with two attached hydrogens (primary N) is 1. The zero-order chi connectivity index (χ0) is 13.7. The summed E-state index contributed by atoms with van der Waals surface area (Å²) in [5, 5.41) is 10.6. The first kappa shape index (κ1) is 13.0. The number of hydrogen-bond acceptors (Lipinski definition) is 4. The summed E-state index contributed by atoms with van der Waals surface area (Å²) in [5.41, 5.74) is 7.35. The maximum atomic E-state index is 10.6. The summed E-state index contributed by atoms with van der Waals surface area (Å²) >= 11 is 0. The van der Waals surface area contributed by atoms with Gasteiger partial charge >= 0.3 is 0 Å². The van der Waals surface area contributed by atoms with E-state index in [9.17, 15) is 10.1 Å². The monoisotopic (exact) mass is 258 g/mol. The Labute approximate surface area is 110 Å². The Kier molecular flexibility index (Phi) is 4.10. The molecule has 0 aliphatic rings. The lowest BCUT2D eigenvalue weighted by atomic mass is 10.1. The van der Waals surface area contributed by atoms with Gasteiger partial charge in [0, 0.05) is 18.7 Å². The van der Waals surface area contributed by atoms with Gasteiger partial charge in [0.1, 0.15) is 12.4 Å². The van der Waals surface area contributed by atoms with Gasteiger partial charge in [0.2, 0.25) is 0 Å². The molecule has 5 nitrogen and oxygen atoms in total. The average Bonchev–Trinajstić information content (AvgIpc) is 2.46. The summed E-state index contributed by atoms with van der Waals surface area (Å²) < 4.78 is 5.38. The number of nitrogens with zero attached hydrogens (tertiary/aromatic N) is 1. The smallest absolute Gasteiger partial charge is 0.269 e. The van der Waals surface area contributed by atoms with Gasteiger partial charge in [-0.3, -0.25) is 10.1 Å². The van der Waals surface area contributed by atoms with Crippen LogP contribution in [0, 0.1) is 10.1 Å². The van der Waals surface area contributed by atoms with Crippen molar-refractivity contribution >= 4 is 5.69 Å². The van der Waals surface area contributed by atoms with Crippen LogP contribution in [0.4, 0.5) is 5.69 Å². The topological polar surface area (TPSA) is 78.4 Å². The zero-order valence-electron chi connectivity index (χ0n) is 10.3. The molecule has 19 heavy (non-hydrogen) atoms. The molecular formula is C14H14N2O3. The molecule has 2 aromatic carbocycles. The highest BCUT2D eigenvalue weighted by atomic mass is 16.6. The molecule has 0 aliphatic carbocycles. The summed E-state index contributed by atoms with van der Waals surface area (Å²) in [6.07, 6.45) is 0. The molecule has 0 saturated carbocycles. The van der Waals surface area contributed by atoms with Crippen molar-refractivity contribution < 1.29 is 9.66 Å². The molecule has 0 aromatic heterocycles. The van der Waals surface area contributed by atoms with Gasteiger partial charge in [-0.15, -0.1) is 0 Å². The van der Waals surface area contributed by atoms with Gasteiger partial charge in [-0.25, -0.2) is 0 Å². The normalized spacial score (nSPS) is 10.2. The Hall–Kier alpha value is -2.40. The van der Waals surface area contributed by atoms with Gasteiger partial charge in [-0.2, -0.15) is 0 Å². The fourth-order valence-electron chi connectivity index (χ4n) is 1.70. The summed E-state index contributed by atoms with van der Waals surface area (Å²) in [7, 11) is 0. The minimum absolute atomic E-state index is 0.0895. The first-order valence-electron chi connectivity index (χ1n) is 5.88. The van der Waals surface area contributed by atoms with Crippen molar-refractivity contribution in [1.82, 2.24) is 0 Å². The van der Waals surface area contributed by atoms with Crippen molar-refractivity contribution in [3.8, 4) is 16.9 Å². The van der Waals surface area contributed by atoms with Crippen LogP contribution in [0.2, 0.25) is 0 Å². The Balaban J connectivity index is 2.15. The van der Waals surface area contributed by atoms with Crippen LogP contribution in [-0.2, 0) is 0 Å². The quantitative estimate of drug-likeness (QED) is 0.660. The molecule has 2 N–H and O–H groups in total. The Morgan fingerprint density at radius 2 is 1.53 bits per heavy atom. The predicted molar refractivity (Wildman–Crippen MR) is 73.1 cm³/mol.